The summed E-state index contributed by atoms with van der Waals surface area (Å²) >= 11 is 1.52. The lowest BCUT2D eigenvalue weighted by Gasteiger charge is -2.18. The van der Waals surface area contributed by atoms with Crippen molar-refractivity contribution in [2.75, 3.05) is 13.2 Å². The standard InChI is InChI=1S/C23H24F2N2O2S/c1-5-27(10-11-28-25)14-17(15(2)3)22-13-19-23(30-22)21(8-9-26-19)29-20-7-6-16(4)12-18(20)24/h5-9,12-15H,1,10-11H2,2-4H3/b17-14+. The fourth-order valence-corrected chi connectivity index (χ4v) is 4.19. The van der Waals surface area contributed by atoms with Crippen LogP contribution in [-0.4, -0.2) is 23.0 Å². The molecule has 2 aromatic heterocycles. The van der Waals surface area contributed by atoms with Gasteiger partial charge < -0.3 is 9.64 Å². The molecule has 0 amide bonds. The predicted molar refractivity (Wildman–Crippen MR) is 118 cm³/mol. The van der Waals surface area contributed by atoms with E-state index in [1.807, 2.05) is 19.2 Å². The van der Waals surface area contributed by atoms with Crippen molar-refractivity contribution in [3.05, 3.63) is 71.8 Å². The number of thiophene rings is 1. The number of hydrogen-bond donors (Lipinski definition) is 0. The first-order valence-corrected chi connectivity index (χ1v) is 10.4. The molecule has 30 heavy (non-hydrogen) atoms. The van der Waals surface area contributed by atoms with Crippen molar-refractivity contribution < 1.29 is 18.6 Å². The number of benzene rings is 1. The van der Waals surface area contributed by atoms with Crippen molar-refractivity contribution in [2.24, 2.45) is 5.92 Å². The second-order valence-electron chi connectivity index (χ2n) is 7.14. The molecule has 0 bridgehead atoms. The summed E-state index contributed by atoms with van der Waals surface area (Å²) in [6, 6.07) is 8.59. The highest BCUT2D eigenvalue weighted by atomic mass is 32.1. The van der Waals surface area contributed by atoms with Crippen molar-refractivity contribution in [3.8, 4) is 11.5 Å². The number of fused-ring (bicyclic) bond motifs is 1. The van der Waals surface area contributed by atoms with Crippen molar-refractivity contribution in [2.45, 2.75) is 20.8 Å². The van der Waals surface area contributed by atoms with Crippen LogP contribution in [0.2, 0.25) is 0 Å². The first kappa shape index (κ1) is 21.9. The van der Waals surface area contributed by atoms with E-state index in [2.05, 4.69) is 30.4 Å². The van der Waals surface area contributed by atoms with Gasteiger partial charge in [0.05, 0.1) is 10.2 Å². The summed E-state index contributed by atoms with van der Waals surface area (Å²) in [6.45, 7) is 10.1. The summed E-state index contributed by atoms with van der Waals surface area (Å²) < 4.78 is 33.1. The molecule has 0 fully saturated rings. The molecule has 0 saturated heterocycles. The number of halogens is 2. The minimum atomic E-state index is -0.406. The van der Waals surface area contributed by atoms with Gasteiger partial charge in [0.25, 0.3) is 0 Å². The quantitative estimate of drug-likeness (QED) is 0.371. The Bertz CT molecular complexity index is 1060. The Balaban J connectivity index is 1.99. The molecule has 3 rings (SSSR count). The van der Waals surface area contributed by atoms with Crippen LogP contribution in [-0.2, 0) is 4.94 Å². The molecule has 0 spiro atoms. The number of aromatic nitrogens is 1. The van der Waals surface area contributed by atoms with E-state index in [4.69, 9.17) is 4.74 Å². The van der Waals surface area contributed by atoms with Gasteiger partial charge in [-0.05, 0) is 52.9 Å². The van der Waals surface area contributed by atoms with Gasteiger partial charge in [-0.1, -0.05) is 26.5 Å². The van der Waals surface area contributed by atoms with E-state index in [0.717, 1.165) is 26.2 Å². The van der Waals surface area contributed by atoms with Crippen LogP contribution in [0.15, 0.2) is 55.5 Å². The molecule has 1 aromatic carbocycles. The average Bonchev–Trinajstić information content (AvgIpc) is 3.14. The molecule has 0 unspecified atom stereocenters. The molecule has 0 aliphatic heterocycles. The van der Waals surface area contributed by atoms with E-state index in [0.29, 0.717) is 12.3 Å². The largest absolute Gasteiger partial charge is 0.453 e. The molecule has 0 radical (unpaired) electrons. The third-order valence-electron chi connectivity index (χ3n) is 4.56. The smallest absolute Gasteiger partial charge is 0.165 e. The van der Waals surface area contributed by atoms with Crippen molar-refractivity contribution >= 4 is 27.1 Å². The predicted octanol–water partition coefficient (Wildman–Crippen LogP) is 6.88. The Morgan fingerprint density at radius 3 is 2.73 bits per heavy atom. The monoisotopic (exact) mass is 430 g/mol. The Labute approximate surface area is 179 Å². The van der Waals surface area contributed by atoms with Crippen LogP contribution in [0.25, 0.3) is 15.8 Å². The number of ether oxygens (including phenoxy) is 1. The molecule has 2 heterocycles. The molecule has 7 heteroatoms. The number of pyridine rings is 1. The second-order valence-corrected chi connectivity index (χ2v) is 8.20. The van der Waals surface area contributed by atoms with Gasteiger partial charge >= 0.3 is 0 Å². The van der Waals surface area contributed by atoms with Crippen LogP contribution in [0, 0.1) is 18.7 Å². The Hall–Kier alpha value is -2.77. The first-order chi connectivity index (χ1) is 14.4. The highest BCUT2D eigenvalue weighted by Gasteiger charge is 2.16. The molecule has 0 N–H and O–H groups in total. The van der Waals surface area contributed by atoms with E-state index in [1.165, 1.54) is 17.4 Å². The third-order valence-corrected chi connectivity index (χ3v) is 5.74. The van der Waals surface area contributed by atoms with Gasteiger partial charge in [0.2, 0.25) is 0 Å². The van der Waals surface area contributed by atoms with E-state index in [-0.39, 0.29) is 18.3 Å². The second kappa shape index (κ2) is 9.82. The van der Waals surface area contributed by atoms with Crippen molar-refractivity contribution in [1.29, 1.82) is 0 Å². The maximum Gasteiger partial charge on any atom is 0.165 e. The minimum absolute atomic E-state index is 0.0536. The van der Waals surface area contributed by atoms with Gasteiger partial charge in [-0.3, -0.25) is 4.98 Å². The highest BCUT2D eigenvalue weighted by molar-refractivity contribution is 7.20. The molecule has 0 aliphatic carbocycles. The number of hydrogen-bond acceptors (Lipinski definition) is 5. The Morgan fingerprint density at radius 1 is 1.27 bits per heavy atom. The Morgan fingerprint density at radius 2 is 2.07 bits per heavy atom. The van der Waals surface area contributed by atoms with Gasteiger partial charge in [0.15, 0.2) is 11.6 Å². The molecule has 4 nitrogen and oxygen atoms in total. The van der Waals surface area contributed by atoms with E-state index < -0.39 is 5.82 Å². The first-order valence-electron chi connectivity index (χ1n) is 9.59. The number of allylic oxidation sites excluding steroid dienone is 1. The van der Waals surface area contributed by atoms with Gasteiger partial charge in [0.1, 0.15) is 12.4 Å². The van der Waals surface area contributed by atoms with Crippen molar-refractivity contribution in [1.82, 2.24) is 9.88 Å². The summed E-state index contributed by atoms with van der Waals surface area (Å²) in [5.74, 6) is 0.516. The maximum atomic E-state index is 14.3. The lowest BCUT2D eigenvalue weighted by Crippen LogP contribution is -2.16. The molecule has 0 aliphatic rings. The van der Waals surface area contributed by atoms with E-state index in [1.54, 1.807) is 35.5 Å². The highest BCUT2D eigenvalue weighted by Crippen LogP contribution is 2.39. The SMILES string of the molecule is C=CN(/C=C(/c1cc2nccc(Oc3ccc(C)cc3F)c2s1)C(C)C)CCOF. The fraction of sp³-hybridized carbons (Fsp3) is 0.261. The average molecular weight is 431 g/mol. The van der Waals surface area contributed by atoms with E-state index >= 15 is 0 Å². The molecule has 0 saturated carbocycles. The molecule has 158 valence electrons. The summed E-state index contributed by atoms with van der Waals surface area (Å²) in [6.07, 6.45) is 5.21. The molecular weight excluding hydrogens is 406 g/mol. The van der Waals surface area contributed by atoms with Crippen LogP contribution >= 0.6 is 11.3 Å². The molecule has 3 aromatic rings. The van der Waals surface area contributed by atoms with Crippen molar-refractivity contribution in [3.63, 3.8) is 0 Å². The minimum Gasteiger partial charge on any atom is -0.453 e. The van der Waals surface area contributed by atoms with Crippen LogP contribution in [0.4, 0.5) is 8.92 Å². The summed E-state index contributed by atoms with van der Waals surface area (Å²) in [7, 11) is 0. The summed E-state index contributed by atoms with van der Waals surface area (Å²) in [5, 5.41) is 0. The fourth-order valence-electron chi connectivity index (χ4n) is 2.97. The van der Waals surface area contributed by atoms with Gasteiger partial charge in [-0.2, -0.15) is 4.94 Å². The van der Waals surface area contributed by atoms with Crippen LogP contribution < -0.4 is 4.74 Å². The van der Waals surface area contributed by atoms with Crippen LogP contribution in [0.5, 0.6) is 11.5 Å². The number of nitrogens with zero attached hydrogens (tertiary/aromatic N) is 2. The zero-order valence-corrected chi connectivity index (χ0v) is 18.0. The Kier molecular flexibility index (Phi) is 7.18. The lowest BCUT2D eigenvalue weighted by molar-refractivity contribution is -0.133. The zero-order chi connectivity index (χ0) is 21.7. The maximum absolute atomic E-state index is 14.3. The third kappa shape index (κ3) is 5.04. The summed E-state index contributed by atoms with van der Waals surface area (Å²) in [5.41, 5.74) is 2.64. The lowest BCUT2D eigenvalue weighted by atomic mass is 10.0. The summed E-state index contributed by atoms with van der Waals surface area (Å²) in [4.78, 5) is 10.9. The van der Waals surface area contributed by atoms with Crippen LogP contribution in [0.3, 0.4) is 0 Å². The normalized spacial score (nSPS) is 11.9. The zero-order valence-electron chi connectivity index (χ0n) is 17.2. The van der Waals surface area contributed by atoms with E-state index in [9.17, 15) is 8.92 Å². The molecular formula is C23H24F2N2O2S. The molecule has 0 atom stereocenters. The number of rotatable bonds is 9. The van der Waals surface area contributed by atoms with Crippen LogP contribution in [0.1, 0.15) is 24.3 Å². The number of aryl methyl sites for hydroxylation is 1. The van der Waals surface area contributed by atoms with Gasteiger partial charge in [-0.15, -0.1) is 11.3 Å². The van der Waals surface area contributed by atoms with Gasteiger partial charge in [-0.25, -0.2) is 4.39 Å². The van der Waals surface area contributed by atoms with Gasteiger partial charge in [0, 0.05) is 29.9 Å². The topological polar surface area (TPSA) is 34.6 Å².